The van der Waals surface area contributed by atoms with Gasteiger partial charge in [0.05, 0.1) is 16.7 Å². The fraction of sp³-hybridized carbons (Fsp3) is 0.267. The van der Waals surface area contributed by atoms with Crippen molar-refractivity contribution in [3.63, 3.8) is 0 Å². The highest BCUT2D eigenvalue weighted by Gasteiger charge is 2.16. The summed E-state index contributed by atoms with van der Waals surface area (Å²) in [6.45, 7) is 4.00. The average molecular weight is 364 g/mol. The van der Waals surface area contributed by atoms with Crippen LogP contribution in [0.5, 0.6) is 0 Å². The Labute approximate surface area is 142 Å². The molecule has 2 heterocycles. The Bertz CT molecular complexity index is 1080. The van der Waals surface area contributed by atoms with Crippen molar-refractivity contribution in [2.75, 3.05) is 17.8 Å². The molecular formula is C15H16N4O3S2. The number of nitrogens with zero attached hydrogens (tertiary/aromatic N) is 4. The van der Waals surface area contributed by atoms with E-state index in [2.05, 4.69) is 16.8 Å². The number of allylic oxidation sites excluding steroid dienone is 1. The summed E-state index contributed by atoms with van der Waals surface area (Å²) in [7, 11) is -3.04. The summed E-state index contributed by atoms with van der Waals surface area (Å²) in [6, 6.07) is 7.21. The van der Waals surface area contributed by atoms with Crippen LogP contribution in [0.15, 0.2) is 46.9 Å². The maximum atomic E-state index is 12.6. The Morgan fingerprint density at radius 2 is 2.04 bits per heavy atom. The van der Waals surface area contributed by atoms with Gasteiger partial charge in [-0.15, -0.1) is 16.8 Å². The molecule has 0 aliphatic heterocycles. The van der Waals surface area contributed by atoms with Crippen molar-refractivity contribution in [2.24, 2.45) is 0 Å². The first kappa shape index (κ1) is 16.7. The number of aromatic nitrogens is 4. The largest absolute Gasteiger partial charge is 0.272 e. The molecule has 3 rings (SSSR count). The molecule has 0 aliphatic rings. The Kier molecular flexibility index (Phi) is 4.46. The van der Waals surface area contributed by atoms with Crippen molar-refractivity contribution >= 4 is 38.3 Å². The third kappa shape index (κ3) is 3.09. The SMILES string of the molecule is C=CCn1c(=O)c2ccccc2n2c(SCCS(C)(=O)=O)nnc12. The molecule has 9 heteroatoms. The van der Waals surface area contributed by atoms with Gasteiger partial charge < -0.3 is 0 Å². The summed E-state index contributed by atoms with van der Waals surface area (Å²) < 4.78 is 25.9. The molecule has 0 bridgehead atoms. The van der Waals surface area contributed by atoms with Gasteiger partial charge in [-0.2, -0.15) is 0 Å². The van der Waals surface area contributed by atoms with E-state index in [9.17, 15) is 13.2 Å². The smallest absolute Gasteiger partial charge is 0.263 e. The topological polar surface area (TPSA) is 86.3 Å². The zero-order chi connectivity index (χ0) is 17.3. The molecule has 0 fully saturated rings. The van der Waals surface area contributed by atoms with Gasteiger partial charge in [0.25, 0.3) is 5.56 Å². The summed E-state index contributed by atoms with van der Waals surface area (Å²) in [6.07, 6.45) is 2.83. The number of thioether (sulfide) groups is 1. The van der Waals surface area contributed by atoms with Crippen molar-refractivity contribution < 1.29 is 8.42 Å². The third-order valence-electron chi connectivity index (χ3n) is 3.48. The van der Waals surface area contributed by atoms with Crippen molar-refractivity contribution in [1.29, 1.82) is 0 Å². The second-order valence-electron chi connectivity index (χ2n) is 5.32. The monoisotopic (exact) mass is 364 g/mol. The van der Waals surface area contributed by atoms with Gasteiger partial charge >= 0.3 is 0 Å². The van der Waals surface area contributed by atoms with Crippen LogP contribution >= 0.6 is 11.8 Å². The normalized spacial score (nSPS) is 12.0. The van der Waals surface area contributed by atoms with E-state index in [0.717, 1.165) is 0 Å². The van der Waals surface area contributed by atoms with Crippen molar-refractivity contribution in [1.82, 2.24) is 19.2 Å². The lowest BCUT2D eigenvalue weighted by molar-refractivity contribution is 0.603. The maximum absolute atomic E-state index is 12.6. The van der Waals surface area contributed by atoms with E-state index < -0.39 is 9.84 Å². The second-order valence-corrected chi connectivity index (χ2v) is 8.64. The Morgan fingerprint density at radius 3 is 2.75 bits per heavy atom. The predicted octanol–water partition coefficient (Wildman–Crippen LogP) is 1.37. The van der Waals surface area contributed by atoms with Crippen LogP contribution in [0.3, 0.4) is 0 Å². The molecule has 0 amide bonds. The molecule has 1 aromatic carbocycles. The number of sulfone groups is 1. The molecule has 0 spiro atoms. The van der Waals surface area contributed by atoms with E-state index in [1.165, 1.54) is 22.6 Å². The van der Waals surface area contributed by atoms with Crippen LogP contribution in [-0.4, -0.2) is 45.3 Å². The molecule has 0 saturated heterocycles. The summed E-state index contributed by atoms with van der Waals surface area (Å²) >= 11 is 1.30. The maximum Gasteiger partial charge on any atom is 0.263 e. The number of fused-ring (bicyclic) bond motifs is 3. The van der Waals surface area contributed by atoms with Crippen molar-refractivity contribution in [2.45, 2.75) is 11.7 Å². The van der Waals surface area contributed by atoms with E-state index in [1.807, 2.05) is 12.1 Å². The quantitative estimate of drug-likeness (QED) is 0.485. The van der Waals surface area contributed by atoms with E-state index in [-0.39, 0.29) is 11.3 Å². The van der Waals surface area contributed by atoms with Crippen LogP contribution in [-0.2, 0) is 16.4 Å². The summed E-state index contributed by atoms with van der Waals surface area (Å²) in [5.74, 6) is 0.839. The van der Waals surface area contributed by atoms with Crippen molar-refractivity contribution in [3.05, 3.63) is 47.3 Å². The molecule has 0 N–H and O–H groups in total. The van der Waals surface area contributed by atoms with Gasteiger partial charge in [-0.3, -0.25) is 13.8 Å². The molecule has 0 unspecified atom stereocenters. The first-order chi connectivity index (χ1) is 11.4. The molecule has 24 heavy (non-hydrogen) atoms. The molecule has 2 aromatic heterocycles. The lowest BCUT2D eigenvalue weighted by atomic mass is 10.2. The van der Waals surface area contributed by atoms with Crippen LogP contribution < -0.4 is 5.56 Å². The zero-order valence-corrected chi connectivity index (χ0v) is 14.7. The lowest BCUT2D eigenvalue weighted by Gasteiger charge is -2.09. The van der Waals surface area contributed by atoms with Gasteiger partial charge in [0.15, 0.2) is 5.16 Å². The Hall–Kier alpha value is -2.13. The molecule has 7 nitrogen and oxygen atoms in total. The van der Waals surface area contributed by atoms with E-state index in [4.69, 9.17) is 0 Å². The summed E-state index contributed by atoms with van der Waals surface area (Å²) in [4.78, 5) is 12.6. The van der Waals surface area contributed by atoms with E-state index in [1.54, 1.807) is 22.6 Å². The van der Waals surface area contributed by atoms with E-state index >= 15 is 0 Å². The molecule has 0 saturated carbocycles. The van der Waals surface area contributed by atoms with Gasteiger partial charge in [-0.1, -0.05) is 30.0 Å². The van der Waals surface area contributed by atoms with E-state index in [0.29, 0.717) is 34.1 Å². The van der Waals surface area contributed by atoms with Crippen molar-refractivity contribution in [3.8, 4) is 0 Å². The van der Waals surface area contributed by atoms with Gasteiger partial charge in [0.2, 0.25) is 5.78 Å². The van der Waals surface area contributed by atoms with Crippen LogP contribution in [0.4, 0.5) is 0 Å². The van der Waals surface area contributed by atoms with Gasteiger partial charge in [-0.05, 0) is 12.1 Å². The predicted molar refractivity (Wildman–Crippen MR) is 95.4 cm³/mol. The Balaban J connectivity index is 2.19. The molecule has 0 radical (unpaired) electrons. The minimum atomic E-state index is -3.04. The highest BCUT2D eigenvalue weighted by atomic mass is 32.2. The second kappa shape index (κ2) is 6.40. The molecule has 3 aromatic rings. The number of para-hydroxylation sites is 1. The highest BCUT2D eigenvalue weighted by Crippen LogP contribution is 2.21. The van der Waals surface area contributed by atoms with Gasteiger partial charge in [-0.25, -0.2) is 8.42 Å². The standard InChI is InChI=1S/C15H16N4O3S2/c1-3-8-18-13(20)11-6-4-5-7-12(11)19-14(18)16-17-15(19)23-9-10-24(2,21)22/h3-7H,1,8-10H2,2H3. The minimum Gasteiger partial charge on any atom is -0.272 e. The number of rotatable bonds is 6. The summed E-state index contributed by atoms with van der Waals surface area (Å²) in [5.41, 5.74) is 0.544. The van der Waals surface area contributed by atoms with Crippen LogP contribution in [0.1, 0.15) is 0 Å². The Morgan fingerprint density at radius 1 is 1.29 bits per heavy atom. The fourth-order valence-electron chi connectivity index (χ4n) is 2.41. The minimum absolute atomic E-state index is 0.0524. The number of benzene rings is 1. The summed E-state index contributed by atoms with van der Waals surface area (Å²) in [5, 5.41) is 9.37. The molecule has 0 aliphatic carbocycles. The highest BCUT2D eigenvalue weighted by molar-refractivity contribution is 8.00. The zero-order valence-electron chi connectivity index (χ0n) is 13.0. The van der Waals surface area contributed by atoms with Gasteiger partial charge in [0, 0.05) is 18.6 Å². The average Bonchev–Trinajstić information content (AvgIpc) is 2.94. The number of hydrogen-bond donors (Lipinski definition) is 0. The molecule has 0 atom stereocenters. The van der Waals surface area contributed by atoms with Crippen LogP contribution in [0, 0.1) is 0 Å². The number of hydrogen-bond acceptors (Lipinski definition) is 6. The molecule has 126 valence electrons. The van der Waals surface area contributed by atoms with Crippen LogP contribution in [0.2, 0.25) is 0 Å². The molecular weight excluding hydrogens is 348 g/mol. The third-order valence-corrected chi connectivity index (χ3v) is 5.61. The van der Waals surface area contributed by atoms with Gasteiger partial charge in [0.1, 0.15) is 9.84 Å². The fourth-order valence-corrected chi connectivity index (χ4v) is 4.54. The first-order valence-electron chi connectivity index (χ1n) is 7.20. The van der Waals surface area contributed by atoms with Crippen LogP contribution in [0.25, 0.3) is 16.7 Å². The first-order valence-corrected chi connectivity index (χ1v) is 10.2. The lowest BCUT2D eigenvalue weighted by Crippen LogP contribution is -2.22.